The Morgan fingerprint density at radius 1 is 1.32 bits per heavy atom. The van der Waals surface area contributed by atoms with Gasteiger partial charge in [0.15, 0.2) is 5.76 Å². The van der Waals surface area contributed by atoms with Gasteiger partial charge in [0.05, 0.1) is 15.9 Å². The molecule has 2 aromatic heterocycles. The highest BCUT2D eigenvalue weighted by Gasteiger charge is 2.29. The van der Waals surface area contributed by atoms with E-state index in [-0.39, 0.29) is 10.1 Å². The fourth-order valence-corrected chi connectivity index (χ4v) is 4.87. The van der Waals surface area contributed by atoms with Crippen molar-refractivity contribution in [2.75, 3.05) is 0 Å². The zero-order valence-electron chi connectivity index (χ0n) is 11.9. The number of hydrogen-bond donors (Lipinski definition) is 0. The van der Waals surface area contributed by atoms with Crippen LogP contribution in [-0.4, -0.2) is 18.6 Å². The van der Waals surface area contributed by atoms with Crippen molar-refractivity contribution in [2.24, 2.45) is 0 Å². The molecule has 1 aromatic carbocycles. The van der Waals surface area contributed by atoms with Crippen molar-refractivity contribution >= 4 is 31.4 Å². The van der Waals surface area contributed by atoms with Gasteiger partial charge in [-0.1, -0.05) is 11.2 Å². The third-order valence-electron chi connectivity index (χ3n) is 3.69. The van der Waals surface area contributed by atoms with E-state index in [0.717, 1.165) is 34.3 Å². The topological polar surface area (TPSA) is 73.1 Å². The van der Waals surface area contributed by atoms with Crippen molar-refractivity contribution in [3.8, 4) is 0 Å². The van der Waals surface area contributed by atoms with Crippen molar-refractivity contribution in [1.82, 2.24) is 10.1 Å². The van der Waals surface area contributed by atoms with E-state index >= 15 is 0 Å². The van der Waals surface area contributed by atoms with Crippen molar-refractivity contribution in [2.45, 2.75) is 35.8 Å². The first-order valence-corrected chi connectivity index (χ1v) is 9.53. The second-order valence-electron chi connectivity index (χ2n) is 5.70. The summed E-state index contributed by atoms with van der Waals surface area (Å²) in [6.07, 6.45) is 2.21. The van der Waals surface area contributed by atoms with Crippen LogP contribution in [0.3, 0.4) is 0 Å². The number of rotatable bonds is 4. The molecule has 7 heteroatoms. The summed E-state index contributed by atoms with van der Waals surface area (Å²) in [5.41, 5.74) is 2.65. The molecule has 1 fully saturated rings. The highest BCUT2D eigenvalue weighted by molar-refractivity contribution is 7.92. The van der Waals surface area contributed by atoms with E-state index in [1.807, 2.05) is 25.1 Å². The average Bonchev–Trinajstić information content (AvgIpc) is 3.05. The summed E-state index contributed by atoms with van der Waals surface area (Å²) in [7, 11) is -3.51. The Hall–Kier alpha value is -1.73. The maximum Gasteiger partial charge on any atom is 0.212 e. The zero-order valence-corrected chi connectivity index (χ0v) is 13.6. The molecule has 1 aliphatic rings. The predicted octanol–water partition coefficient (Wildman–Crippen LogP) is 3.44. The normalized spacial score (nSPS) is 15.5. The van der Waals surface area contributed by atoms with Gasteiger partial charge in [0.1, 0.15) is 5.75 Å². The van der Waals surface area contributed by atoms with Crippen LogP contribution in [0.5, 0.6) is 0 Å². The number of sulfone groups is 1. The molecule has 0 N–H and O–H groups in total. The molecule has 1 saturated carbocycles. The highest BCUT2D eigenvalue weighted by atomic mass is 32.2. The number of aryl methyl sites for hydroxylation is 1. The molecule has 3 aromatic rings. The van der Waals surface area contributed by atoms with Crippen molar-refractivity contribution < 1.29 is 12.9 Å². The maximum atomic E-state index is 12.5. The van der Waals surface area contributed by atoms with E-state index < -0.39 is 9.84 Å². The molecule has 4 rings (SSSR count). The lowest BCUT2D eigenvalue weighted by Crippen LogP contribution is -2.03. The molecule has 2 heterocycles. The number of hydrogen-bond acceptors (Lipinski definition) is 6. The fourth-order valence-electron chi connectivity index (χ4n) is 2.37. The number of fused-ring (bicyclic) bond motifs is 1. The van der Waals surface area contributed by atoms with Gasteiger partial charge in [0, 0.05) is 12.0 Å². The molecular formula is C15H14N2O3S2. The molecule has 114 valence electrons. The zero-order chi connectivity index (χ0) is 15.3. The molecule has 0 unspecified atom stereocenters. The lowest BCUT2D eigenvalue weighted by molar-refractivity contribution is 0.386. The minimum Gasteiger partial charge on any atom is -0.360 e. The Bertz CT molecular complexity index is 952. The molecule has 0 aliphatic heterocycles. The van der Waals surface area contributed by atoms with Crippen LogP contribution in [0.25, 0.3) is 10.2 Å². The Morgan fingerprint density at radius 2 is 2.14 bits per heavy atom. The number of thiazole rings is 1. The van der Waals surface area contributed by atoms with Crippen LogP contribution in [0.15, 0.2) is 33.1 Å². The van der Waals surface area contributed by atoms with E-state index in [0.29, 0.717) is 11.7 Å². The van der Waals surface area contributed by atoms with Gasteiger partial charge in [-0.15, -0.1) is 11.3 Å². The summed E-state index contributed by atoms with van der Waals surface area (Å²) in [5.74, 6) is 0.647. The minimum absolute atomic E-state index is 0.137. The van der Waals surface area contributed by atoms with Crippen LogP contribution in [0.2, 0.25) is 0 Å². The van der Waals surface area contributed by atoms with Crippen LogP contribution >= 0.6 is 11.3 Å². The van der Waals surface area contributed by atoms with Gasteiger partial charge in [-0.25, -0.2) is 13.4 Å². The Balaban J connectivity index is 1.65. The van der Waals surface area contributed by atoms with E-state index in [2.05, 4.69) is 10.1 Å². The Kier molecular flexibility index (Phi) is 3.09. The molecule has 0 bridgehead atoms. The number of aromatic nitrogens is 2. The first kappa shape index (κ1) is 13.9. The van der Waals surface area contributed by atoms with Crippen molar-refractivity contribution in [1.29, 1.82) is 0 Å². The minimum atomic E-state index is -3.51. The SMILES string of the molecule is Cc1ccc2sc(S(=O)(=O)Cc3cc(C4CC4)no3)nc2c1. The van der Waals surface area contributed by atoms with Gasteiger partial charge in [-0.05, 0) is 37.5 Å². The summed E-state index contributed by atoms with van der Waals surface area (Å²) in [6.45, 7) is 1.96. The first-order chi connectivity index (χ1) is 10.5. The third kappa shape index (κ3) is 2.55. The van der Waals surface area contributed by atoms with Crippen LogP contribution < -0.4 is 0 Å². The predicted molar refractivity (Wildman–Crippen MR) is 83.7 cm³/mol. The molecule has 1 aliphatic carbocycles. The summed E-state index contributed by atoms with van der Waals surface area (Å²) in [5, 5.41) is 3.95. The van der Waals surface area contributed by atoms with E-state index in [1.54, 1.807) is 6.07 Å². The van der Waals surface area contributed by atoms with Crippen molar-refractivity contribution in [3.05, 3.63) is 41.3 Å². The summed E-state index contributed by atoms with van der Waals surface area (Å²) in [6, 6.07) is 7.51. The summed E-state index contributed by atoms with van der Waals surface area (Å²) >= 11 is 1.20. The molecule has 0 amide bonds. The van der Waals surface area contributed by atoms with Crippen LogP contribution in [-0.2, 0) is 15.6 Å². The molecule has 0 atom stereocenters. The van der Waals surface area contributed by atoms with Crippen LogP contribution in [0.1, 0.15) is 35.8 Å². The Morgan fingerprint density at radius 3 is 2.91 bits per heavy atom. The van der Waals surface area contributed by atoms with Gasteiger partial charge < -0.3 is 4.52 Å². The van der Waals surface area contributed by atoms with E-state index in [4.69, 9.17) is 4.52 Å². The van der Waals surface area contributed by atoms with Gasteiger partial charge in [0.2, 0.25) is 14.2 Å². The third-order valence-corrected chi connectivity index (χ3v) is 6.83. The van der Waals surface area contributed by atoms with Gasteiger partial charge in [-0.2, -0.15) is 0 Å². The second kappa shape index (κ2) is 4.89. The quantitative estimate of drug-likeness (QED) is 0.731. The smallest absolute Gasteiger partial charge is 0.212 e. The number of nitrogens with zero attached hydrogens (tertiary/aromatic N) is 2. The Labute approximate surface area is 131 Å². The maximum absolute atomic E-state index is 12.5. The van der Waals surface area contributed by atoms with Crippen molar-refractivity contribution in [3.63, 3.8) is 0 Å². The van der Waals surface area contributed by atoms with Gasteiger partial charge >= 0.3 is 0 Å². The molecule has 0 radical (unpaired) electrons. The fraction of sp³-hybridized carbons (Fsp3) is 0.333. The summed E-state index contributed by atoms with van der Waals surface area (Å²) < 4.78 is 31.2. The van der Waals surface area contributed by atoms with Gasteiger partial charge in [-0.3, -0.25) is 0 Å². The standard InChI is InChI=1S/C15H14N2O3S2/c1-9-2-5-14-13(6-9)16-15(21-14)22(18,19)8-11-7-12(17-20-11)10-3-4-10/h2,5-7,10H,3-4,8H2,1H3. The van der Waals surface area contributed by atoms with Crippen LogP contribution in [0, 0.1) is 6.92 Å². The second-order valence-corrected chi connectivity index (χ2v) is 8.90. The van der Waals surface area contributed by atoms with Gasteiger partial charge in [0.25, 0.3) is 0 Å². The molecule has 5 nitrogen and oxygen atoms in total. The largest absolute Gasteiger partial charge is 0.360 e. The lowest BCUT2D eigenvalue weighted by Gasteiger charge is -1.95. The first-order valence-electron chi connectivity index (χ1n) is 7.07. The van der Waals surface area contributed by atoms with Crippen LogP contribution in [0.4, 0.5) is 0 Å². The van der Waals surface area contributed by atoms with E-state index in [1.165, 1.54) is 11.3 Å². The van der Waals surface area contributed by atoms with E-state index in [9.17, 15) is 8.42 Å². The molecular weight excluding hydrogens is 320 g/mol. The summed E-state index contributed by atoms with van der Waals surface area (Å²) in [4.78, 5) is 4.26. The molecule has 0 saturated heterocycles. The molecule has 0 spiro atoms. The monoisotopic (exact) mass is 334 g/mol. The molecule has 22 heavy (non-hydrogen) atoms. The highest BCUT2D eigenvalue weighted by Crippen LogP contribution is 2.39. The lowest BCUT2D eigenvalue weighted by atomic mass is 10.2. The number of benzene rings is 1. The average molecular weight is 334 g/mol.